The fourth-order valence-corrected chi connectivity index (χ4v) is 1.97. The molecule has 0 bridgehead atoms. The lowest BCUT2D eigenvalue weighted by molar-refractivity contribution is 0.955. The molecule has 2 heterocycles. The molecule has 0 spiro atoms. The second-order valence-corrected chi connectivity index (χ2v) is 4.04. The molecular weight excluding hydrogens is 232 g/mol. The van der Waals surface area contributed by atoms with E-state index in [0.717, 1.165) is 12.0 Å². The van der Waals surface area contributed by atoms with Gasteiger partial charge in [0, 0.05) is 5.39 Å². The average Bonchev–Trinajstić information content (AvgIpc) is 2.83. The molecule has 0 unspecified atom stereocenters. The Morgan fingerprint density at radius 3 is 2.72 bits per heavy atom. The zero-order valence-electron chi connectivity index (χ0n) is 9.65. The molecule has 2 N–H and O–H groups in total. The predicted octanol–water partition coefficient (Wildman–Crippen LogP) is 0.722. The molecule has 0 aliphatic heterocycles. The van der Waals surface area contributed by atoms with Crippen LogP contribution in [0.1, 0.15) is 12.5 Å². The Kier molecular flexibility index (Phi) is 2.22. The van der Waals surface area contributed by atoms with E-state index in [2.05, 4.69) is 20.4 Å². The van der Waals surface area contributed by atoms with Crippen molar-refractivity contribution in [2.45, 2.75) is 13.3 Å². The van der Waals surface area contributed by atoms with Gasteiger partial charge < -0.3 is 4.98 Å². The fourth-order valence-electron chi connectivity index (χ4n) is 1.97. The number of H-pyrrole nitrogens is 2. The van der Waals surface area contributed by atoms with Crippen LogP contribution in [0.25, 0.3) is 21.9 Å². The van der Waals surface area contributed by atoms with Gasteiger partial charge in [-0.2, -0.15) is 15.4 Å². The third-order valence-electron chi connectivity index (χ3n) is 2.96. The number of fused-ring (bicyclic) bond motifs is 2. The van der Waals surface area contributed by atoms with Crippen molar-refractivity contribution in [1.82, 2.24) is 20.4 Å². The van der Waals surface area contributed by atoms with Crippen molar-refractivity contribution in [1.29, 1.82) is 0 Å². The van der Waals surface area contributed by atoms with Crippen molar-refractivity contribution in [3.05, 3.63) is 44.3 Å². The van der Waals surface area contributed by atoms with Gasteiger partial charge in [0.05, 0.1) is 5.52 Å². The highest BCUT2D eigenvalue weighted by molar-refractivity contribution is 5.86. The standard InChI is InChI=1S/C12H10N4O2/c1-2-6-3-4-7-8(5-6)13-12(18)10-9(11(7)17)14-16-15-10/h3-5H,2H2,1H3,(H,13,18)(H,14,15,16). The second kappa shape index (κ2) is 3.76. The van der Waals surface area contributed by atoms with Crippen LogP contribution in [0.15, 0.2) is 27.8 Å². The third kappa shape index (κ3) is 1.42. The Morgan fingerprint density at radius 1 is 1.17 bits per heavy atom. The van der Waals surface area contributed by atoms with Crippen LogP contribution in [0.2, 0.25) is 0 Å². The molecule has 0 saturated carbocycles. The minimum atomic E-state index is -0.417. The van der Waals surface area contributed by atoms with Crippen molar-refractivity contribution in [3.8, 4) is 0 Å². The van der Waals surface area contributed by atoms with Crippen LogP contribution >= 0.6 is 0 Å². The number of aromatic amines is 2. The molecule has 2 aromatic heterocycles. The number of aromatic nitrogens is 4. The number of nitrogens with one attached hydrogen (secondary N) is 2. The van der Waals surface area contributed by atoms with E-state index in [-0.39, 0.29) is 16.5 Å². The van der Waals surface area contributed by atoms with Crippen LogP contribution in [-0.4, -0.2) is 20.4 Å². The summed E-state index contributed by atoms with van der Waals surface area (Å²) in [5, 5.41) is 10.2. The lowest BCUT2D eigenvalue weighted by Crippen LogP contribution is -2.02. The SMILES string of the molecule is CCc1ccc2c(=O)c3n[nH]nc3c(=O)[nH]c2c1. The largest absolute Gasteiger partial charge is 0.320 e. The molecule has 1 aromatic carbocycles. The van der Waals surface area contributed by atoms with Gasteiger partial charge in [-0.05, 0) is 24.1 Å². The van der Waals surface area contributed by atoms with Crippen LogP contribution in [0.5, 0.6) is 0 Å². The van der Waals surface area contributed by atoms with Gasteiger partial charge in [-0.15, -0.1) is 0 Å². The molecule has 0 radical (unpaired) electrons. The molecule has 18 heavy (non-hydrogen) atoms. The van der Waals surface area contributed by atoms with Gasteiger partial charge in [-0.25, -0.2) is 0 Å². The molecule has 90 valence electrons. The Balaban J connectivity index is 2.63. The predicted molar refractivity (Wildman–Crippen MR) is 67.7 cm³/mol. The molecule has 6 heteroatoms. The fraction of sp³-hybridized carbons (Fsp3) is 0.167. The smallest absolute Gasteiger partial charge is 0.278 e. The number of rotatable bonds is 1. The summed E-state index contributed by atoms with van der Waals surface area (Å²) in [6.07, 6.45) is 0.834. The molecule has 0 aliphatic carbocycles. The number of hydrogen-bond acceptors (Lipinski definition) is 4. The minimum absolute atomic E-state index is 0.0363. The molecule has 0 saturated heterocycles. The Hall–Kier alpha value is -2.50. The first-order valence-electron chi connectivity index (χ1n) is 5.60. The summed E-state index contributed by atoms with van der Waals surface area (Å²) in [5.41, 5.74) is 0.957. The topological polar surface area (TPSA) is 91.5 Å². The van der Waals surface area contributed by atoms with E-state index >= 15 is 0 Å². The highest BCUT2D eigenvalue weighted by Crippen LogP contribution is 2.10. The summed E-state index contributed by atoms with van der Waals surface area (Å²) < 4.78 is 0. The summed E-state index contributed by atoms with van der Waals surface area (Å²) in [6, 6.07) is 5.38. The molecule has 0 amide bonds. The van der Waals surface area contributed by atoms with E-state index < -0.39 is 5.56 Å². The van der Waals surface area contributed by atoms with Crippen molar-refractivity contribution in [2.75, 3.05) is 0 Å². The molecule has 3 aromatic rings. The average molecular weight is 242 g/mol. The normalized spacial score (nSPS) is 11.2. The first-order chi connectivity index (χ1) is 8.70. The van der Waals surface area contributed by atoms with E-state index in [1.54, 1.807) is 12.1 Å². The zero-order valence-corrected chi connectivity index (χ0v) is 9.65. The van der Waals surface area contributed by atoms with Crippen molar-refractivity contribution in [3.63, 3.8) is 0 Å². The van der Waals surface area contributed by atoms with E-state index in [1.165, 1.54) is 0 Å². The molecule has 0 atom stereocenters. The monoisotopic (exact) mass is 242 g/mol. The van der Waals surface area contributed by atoms with Crippen LogP contribution in [0.4, 0.5) is 0 Å². The lowest BCUT2D eigenvalue weighted by Gasteiger charge is -1.96. The highest BCUT2D eigenvalue weighted by Gasteiger charge is 2.09. The van der Waals surface area contributed by atoms with Crippen LogP contribution < -0.4 is 11.0 Å². The maximum atomic E-state index is 12.2. The maximum absolute atomic E-state index is 12.2. The van der Waals surface area contributed by atoms with Gasteiger partial charge in [0.25, 0.3) is 5.56 Å². The van der Waals surface area contributed by atoms with Gasteiger partial charge >= 0.3 is 0 Å². The third-order valence-corrected chi connectivity index (χ3v) is 2.96. The highest BCUT2D eigenvalue weighted by atomic mass is 16.1. The second-order valence-electron chi connectivity index (χ2n) is 4.04. The van der Waals surface area contributed by atoms with Gasteiger partial charge in [-0.1, -0.05) is 13.0 Å². The van der Waals surface area contributed by atoms with Crippen molar-refractivity contribution >= 4 is 21.9 Å². The van der Waals surface area contributed by atoms with Gasteiger partial charge in [0.15, 0.2) is 11.0 Å². The molecule has 3 rings (SSSR count). The number of hydrogen-bond donors (Lipinski definition) is 2. The van der Waals surface area contributed by atoms with E-state index in [1.807, 2.05) is 13.0 Å². The zero-order chi connectivity index (χ0) is 12.7. The summed E-state index contributed by atoms with van der Waals surface area (Å²) in [5.74, 6) is 0. The van der Waals surface area contributed by atoms with Crippen LogP contribution in [-0.2, 0) is 6.42 Å². The van der Waals surface area contributed by atoms with E-state index in [4.69, 9.17) is 0 Å². The maximum Gasteiger partial charge on any atom is 0.278 e. The Morgan fingerprint density at radius 2 is 1.94 bits per heavy atom. The summed E-state index contributed by atoms with van der Waals surface area (Å²) in [4.78, 5) is 26.8. The van der Waals surface area contributed by atoms with Crippen LogP contribution in [0.3, 0.4) is 0 Å². The summed E-state index contributed by atoms with van der Waals surface area (Å²) in [7, 11) is 0. The lowest BCUT2D eigenvalue weighted by atomic mass is 10.1. The van der Waals surface area contributed by atoms with E-state index in [0.29, 0.717) is 10.9 Å². The van der Waals surface area contributed by atoms with Gasteiger partial charge in [0.2, 0.25) is 5.43 Å². The number of aryl methyl sites for hydroxylation is 1. The molecule has 0 fully saturated rings. The van der Waals surface area contributed by atoms with Gasteiger partial charge in [0.1, 0.15) is 0 Å². The van der Waals surface area contributed by atoms with Crippen molar-refractivity contribution < 1.29 is 0 Å². The Bertz CT molecular complexity index is 863. The molecule has 0 aliphatic rings. The molecular formula is C12H10N4O2. The van der Waals surface area contributed by atoms with Gasteiger partial charge in [-0.3, -0.25) is 9.59 Å². The van der Waals surface area contributed by atoms with Crippen molar-refractivity contribution in [2.24, 2.45) is 0 Å². The number of nitrogens with zero attached hydrogens (tertiary/aromatic N) is 2. The first kappa shape index (κ1) is 10.6. The first-order valence-corrected chi connectivity index (χ1v) is 5.60. The van der Waals surface area contributed by atoms with E-state index in [9.17, 15) is 9.59 Å². The summed E-state index contributed by atoms with van der Waals surface area (Å²) >= 11 is 0. The van der Waals surface area contributed by atoms with Crippen LogP contribution in [0, 0.1) is 0 Å². The quantitative estimate of drug-likeness (QED) is 0.657. The molecule has 6 nitrogen and oxygen atoms in total. The minimum Gasteiger partial charge on any atom is -0.320 e. The summed E-state index contributed by atoms with van der Waals surface area (Å²) in [6.45, 7) is 2.01. The number of benzene rings is 1. The Labute approximate surface area is 101 Å².